The summed E-state index contributed by atoms with van der Waals surface area (Å²) in [6, 6.07) is 11.3. The van der Waals surface area contributed by atoms with Crippen molar-refractivity contribution in [2.45, 2.75) is 23.6 Å². The second-order valence-corrected chi connectivity index (χ2v) is 9.32. The number of benzene rings is 2. The number of fused-ring (bicyclic) bond motifs is 1. The molecule has 7 heteroatoms. The molecular weight excluding hydrogens is 391 g/mol. The van der Waals surface area contributed by atoms with E-state index >= 15 is 0 Å². The molecule has 0 spiro atoms. The average molecular weight is 409 g/mol. The molecule has 0 aliphatic carbocycles. The van der Waals surface area contributed by atoms with Crippen LogP contribution in [0.15, 0.2) is 42.5 Å². The van der Waals surface area contributed by atoms with E-state index in [0.717, 1.165) is 17.6 Å². The third-order valence-corrected chi connectivity index (χ3v) is 7.93. The molecule has 0 radical (unpaired) electrons. The van der Waals surface area contributed by atoms with Crippen LogP contribution in [0.1, 0.15) is 38.1 Å². The van der Waals surface area contributed by atoms with Crippen molar-refractivity contribution in [2.75, 3.05) is 23.0 Å². The van der Waals surface area contributed by atoms with Gasteiger partial charge >= 0.3 is 6.18 Å². The first kappa shape index (κ1) is 18.7. The molecule has 0 atom stereocenters. The van der Waals surface area contributed by atoms with Gasteiger partial charge in [0.2, 0.25) is 0 Å². The van der Waals surface area contributed by atoms with Crippen molar-refractivity contribution >= 4 is 35.1 Å². The van der Waals surface area contributed by atoms with E-state index in [1.807, 2.05) is 47.8 Å². The van der Waals surface area contributed by atoms with E-state index in [4.69, 9.17) is 0 Å². The van der Waals surface area contributed by atoms with Crippen molar-refractivity contribution < 1.29 is 18.0 Å². The number of carbonyl (C=O) groups excluding carboxylic acids is 1. The second-order valence-electron chi connectivity index (χ2n) is 6.60. The summed E-state index contributed by atoms with van der Waals surface area (Å²) in [5, 5.41) is 0. The summed E-state index contributed by atoms with van der Waals surface area (Å²) in [5.41, 5.74) is 2.28. The highest BCUT2D eigenvalue weighted by atomic mass is 32.2. The highest BCUT2D eigenvalue weighted by Crippen LogP contribution is 2.45. The van der Waals surface area contributed by atoms with Crippen LogP contribution in [0.5, 0.6) is 0 Å². The van der Waals surface area contributed by atoms with Gasteiger partial charge in [0.1, 0.15) is 0 Å². The van der Waals surface area contributed by atoms with Gasteiger partial charge in [-0.25, -0.2) is 0 Å². The van der Waals surface area contributed by atoms with Crippen molar-refractivity contribution in [3.8, 4) is 0 Å². The molecule has 1 amide bonds. The molecule has 0 aromatic heterocycles. The highest BCUT2D eigenvalue weighted by Gasteiger charge is 2.33. The number of anilines is 1. The normalized spacial score (nSPS) is 17.8. The Kier molecular flexibility index (Phi) is 5.16. The lowest BCUT2D eigenvalue weighted by Gasteiger charge is -2.30. The van der Waals surface area contributed by atoms with Crippen molar-refractivity contribution in [3.05, 3.63) is 64.7 Å². The zero-order chi connectivity index (χ0) is 19.0. The topological polar surface area (TPSA) is 20.3 Å². The Morgan fingerprint density at radius 3 is 2.41 bits per heavy atom. The number of thioether (sulfide) groups is 2. The summed E-state index contributed by atoms with van der Waals surface area (Å²) in [5.74, 6) is 2.12. The predicted molar refractivity (Wildman–Crippen MR) is 106 cm³/mol. The molecule has 0 bridgehead atoms. The molecule has 1 saturated heterocycles. The minimum atomic E-state index is -4.37. The summed E-state index contributed by atoms with van der Waals surface area (Å²) in [6.45, 7) is 0.521. The van der Waals surface area contributed by atoms with E-state index < -0.39 is 11.7 Å². The van der Waals surface area contributed by atoms with Gasteiger partial charge in [-0.3, -0.25) is 4.79 Å². The van der Waals surface area contributed by atoms with E-state index in [0.29, 0.717) is 40.8 Å². The summed E-state index contributed by atoms with van der Waals surface area (Å²) in [4.78, 5) is 14.6. The van der Waals surface area contributed by atoms with Crippen LogP contribution in [0.3, 0.4) is 0 Å². The first-order chi connectivity index (χ1) is 12.9. The summed E-state index contributed by atoms with van der Waals surface area (Å²) >= 11 is 3.81. The van der Waals surface area contributed by atoms with Crippen molar-refractivity contribution in [2.24, 2.45) is 0 Å². The standard InChI is InChI=1S/C20H18F3NOS2/c21-20(22,23)16-7-8-17-15(12-16)2-1-9-24(17)18(25)13-3-5-14(6-4-13)19-26-10-11-27-19/h3-8,12,19H,1-2,9-11H2. The molecule has 142 valence electrons. The molecule has 2 aromatic rings. The number of amides is 1. The van der Waals surface area contributed by atoms with Crippen LogP contribution in [0.25, 0.3) is 0 Å². The van der Waals surface area contributed by atoms with Gasteiger partial charge in [0, 0.05) is 29.3 Å². The molecule has 4 rings (SSSR count). The van der Waals surface area contributed by atoms with Crippen molar-refractivity contribution in [1.29, 1.82) is 0 Å². The molecule has 0 unspecified atom stereocenters. The maximum absolute atomic E-state index is 13.0. The minimum Gasteiger partial charge on any atom is -0.308 e. The number of carbonyl (C=O) groups is 1. The number of halogens is 3. The Balaban J connectivity index is 1.58. The molecule has 0 N–H and O–H groups in total. The largest absolute Gasteiger partial charge is 0.416 e. The predicted octanol–water partition coefficient (Wildman–Crippen LogP) is 5.78. The Morgan fingerprint density at radius 2 is 1.74 bits per heavy atom. The number of rotatable bonds is 2. The SMILES string of the molecule is O=C(c1ccc(C2SCCS2)cc1)N1CCCc2cc(C(F)(F)F)ccc21. The third-order valence-electron chi connectivity index (χ3n) is 4.82. The van der Waals surface area contributed by atoms with Gasteiger partial charge < -0.3 is 4.90 Å². The number of alkyl halides is 3. The molecule has 2 aromatic carbocycles. The molecule has 2 aliphatic heterocycles. The minimum absolute atomic E-state index is 0.158. The molecule has 2 nitrogen and oxygen atoms in total. The van der Waals surface area contributed by atoms with Gasteiger partial charge in [-0.15, -0.1) is 23.5 Å². The lowest BCUT2D eigenvalue weighted by molar-refractivity contribution is -0.137. The van der Waals surface area contributed by atoms with E-state index in [1.54, 1.807) is 4.90 Å². The van der Waals surface area contributed by atoms with Gasteiger partial charge in [0.05, 0.1) is 10.1 Å². The van der Waals surface area contributed by atoms with Crippen LogP contribution in [0, 0.1) is 0 Å². The summed E-state index contributed by atoms with van der Waals surface area (Å²) in [7, 11) is 0. The van der Waals surface area contributed by atoms with Gasteiger partial charge in [0.25, 0.3) is 5.91 Å². The van der Waals surface area contributed by atoms with Crippen LogP contribution in [0.2, 0.25) is 0 Å². The first-order valence-electron chi connectivity index (χ1n) is 8.78. The number of aryl methyl sites for hydroxylation is 1. The quantitative estimate of drug-likeness (QED) is 0.627. The average Bonchev–Trinajstić information content (AvgIpc) is 3.21. The molecule has 2 heterocycles. The fraction of sp³-hybridized carbons (Fsp3) is 0.350. The Hall–Kier alpha value is -1.60. The van der Waals surface area contributed by atoms with Crippen LogP contribution >= 0.6 is 23.5 Å². The van der Waals surface area contributed by atoms with E-state index in [2.05, 4.69) is 0 Å². The van der Waals surface area contributed by atoms with E-state index in [1.165, 1.54) is 17.7 Å². The van der Waals surface area contributed by atoms with Gasteiger partial charge in [-0.2, -0.15) is 13.2 Å². The second kappa shape index (κ2) is 7.43. The van der Waals surface area contributed by atoms with Crippen LogP contribution in [0.4, 0.5) is 18.9 Å². The highest BCUT2D eigenvalue weighted by molar-refractivity contribution is 8.19. The fourth-order valence-electron chi connectivity index (χ4n) is 3.47. The smallest absolute Gasteiger partial charge is 0.308 e. The number of hydrogen-bond donors (Lipinski definition) is 0. The number of hydrogen-bond acceptors (Lipinski definition) is 3. The lowest BCUT2D eigenvalue weighted by atomic mass is 9.98. The third kappa shape index (κ3) is 3.85. The van der Waals surface area contributed by atoms with Crippen LogP contribution in [-0.2, 0) is 12.6 Å². The Labute approximate surface area is 164 Å². The van der Waals surface area contributed by atoms with E-state index in [9.17, 15) is 18.0 Å². The summed E-state index contributed by atoms with van der Waals surface area (Å²) < 4.78 is 39.3. The maximum atomic E-state index is 13.0. The molecule has 0 saturated carbocycles. The van der Waals surface area contributed by atoms with Crippen molar-refractivity contribution in [1.82, 2.24) is 0 Å². The van der Waals surface area contributed by atoms with E-state index in [-0.39, 0.29) is 5.91 Å². The summed E-state index contributed by atoms with van der Waals surface area (Å²) in [6.07, 6.45) is -3.15. The lowest BCUT2D eigenvalue weighted by Crippen LogP contribution is -2.35. The maximum Gasteiger partial charge on any atom is 0.416 e. The van der Waals surface area contributed by atoms with Gasteiger partial charge in [-0.1, -0.05) is 12.1 Å². The van der Waals surface area contributed by atoms with Gasteiger partial charge in [0.15, 0.2) is 0 Å². The van der Waals surface area contributed by atoms with Crippen LogP contribution in [-0.4, -0.2) is 24.0 Å². The first-order valence-corrected chi connectivity index (χ1v) is 10.9. The van der Waals surface area contributed by atoms with Crippen LogP contribution < -0.4 is 4.90 Å². The van der Waals surface area contributed by atoms with Gasteiger partial charge in [-0.05, 0) is 54.3 Å². The zero-order valence-corrected chi connectivity index (χ0v) is 16.1. The zero-order valence-electron chi connectivity index (χ0n) is 14.5. The monoisotopic (exact) mass is 409 g/mol. The Bertz CT molecular complexity index is 845. The fourth-order valence-corrected chi connectivity index (χ4v) is 6.33. The molecule has 1 fully saturated rings. The molecular formula is C20H18F3NOS2. The Morgan fingerprint density at radius 1 is 1.04 bits per heavy atom. The molecule has 27 heavy (non-hydrogen) atoms. The molecule has 2 aliphatic rings. The van der Waals surface area contributed by atoms with Crippen molar-refractivity contribution in [3.63, 3.8) is 0 Å². The number of nitrogens with zero attached hydrogens (tertiary/aromatic N) is 1.